The molecule has 0 unspecified atom stereocenters. The van der Waals surface area contributed by atoms with E-state index in [1.807, 2.05) is 31.2 Å². The number of rotatable bonds is 6. The average molecular weight is 498 g/mol. The molecule has 31 heavy (non-hydrogen) atoms. The maximum absolute atomic E-state index is 12.5. The summed E-state index contributed by atoms with van der Waals surface area (Å²) in [6.45, 7) is 2.00. The molecule has 0 heterocycles. The van der Waals surface area contributed by atoms with Crippen molar-refractivity contribution in [1.29, 1.82) is 0 Å². The van der Waals surface area contributed by atoms with Gasteiger partial charge in [0.2, 0.25) is 0 Å². The molecule has 0 saturated heterocycles. The molecular formula is C23H20BrN3O3S. The highest BCUT2D eigenvalue weighted by molar-refractivity contribution is 9.10. The zero-order chi connectivity index (χ0) is 22.2. The van der Waals surface area contributed by atoms with Gasteiger partial charge in [-0.15, -0.1) is 0 Å². The third-order valence-electron chi connectivity index (χ3n) is 4.15. The number of methoxy groups -OCH3 is 1. The van der Waals surface area contributed by atoms with Crippen LogP contribution in [0.2, 0.25) is 0 Å². The Hall–Kier alpha value is -3.23. The van der Waals surface area contributed by atoms with Crippen LogP contribution in [0.3, 0.4) is 0 Å². The van der Waals surface area contributed by atoms with Gasteiger partial charge in [-0.2, -0.15) is 5.10 Å². The molecule has 0 saturated carbocycles. The Kier molecular flexibility index (Phi) is 7.75. The number of nitrogens with one attached hydrogen (secondary N) is 2. The van der Waals surface area contributed by atoms with Gasteiger partial charge in [0.25, 0.3) is 0 Å². The lowest BCUT2D eigenvalue weighted by Gasteiger charge is -2.09. The Bertz CT molecular complexity index is 1120. The highest BCUT2D eigenvalue weighted by atomic mass is 79.9. The van der Waals surface area contributed by atoms with E-state index in [2.05, 4.69) is 31.8 Å². The molecule has 8 heteroatoms. The van der Waals surface area contributed by atoms with E-state index in [4.69, 9.17) is 21.7 Å². The van der Waals surface area contributed by atoms with E-state index in [9.17, 15) is 4.79 Å². The number of hydrazone groups is 1. The SMILES string of the molecule is COc1ccc(C(=O)Oc2ccc(Br)cc2C=NNC(=S)Nc2cccc(C)c2)cc1. The highest BCUT2D eigenvalue weighted by Gasteiger charge is 2.12. The molecule has 0 aliphatic carbocycles. The number of aryl methyl sites for hydroxylation is 1. The van der Waals surface area contributed by atoms with Crippen LogP contribution in [0.15, 0.2) is 76.3 Å². The van der Waals surface area contributed by atoms with Gasteiger partial charge in [0.15, 0.2) is 5.11 Å². The van der Waals surface area contributed by atoms with E-state index in [-0.39, 0.29) is 0 Å². The molecule has 0 aromatic heterocycles. The highest BCUT2D eigenvalue weighted by Crippen LogP contribution is 2.23. The van der Waals surface area contributed by atoms with Crippen molar-refractivity contribution in [3.63, 3.8) is 0 Å². The maximum atomic E-state index is 12.5. The average Bonchev–Trinajstić information content (AvgIpc) is 2.75. The molecule has 3 aromatic carbocycles. The van der Waals surface area contributed by atoms with Gasteiger partial charge in [-0.1, -0.05) is 28.1 Å². The molecule has 0 fully saturated rings. The minimum atomic E-state index is -0.482. The van der Waals surface area contributed by atoms with E-state index in [1.165, 1.54) is 6.21 Å². The minimum absolute atomic E-state index is 0.341. The van der Waals surface area contributed by atoms with Crippen LogP contribution in [0.1, 0.15) is 21.5 Å². The summed E-state index contributed by atoms with van der Waals surface area (Å²) in [5.74, 6) is 0.547. The summed E-state index contributed by atoms with van der Waals surface area (Å²) in [6.07, 6.45) is 1.53. The fourth-order valence-electron chi connectivity index (χ4n) is 2.64. The molecular weight excluding hydrogens is 478 g/mol. The third kappa shape index (κ3) is 6.63. The van der Waals surface area contributed by atoms with Crippen molar-refractivity contribution in [1.82, 2.24) is 5.43 Å². The molecule has 0 spiro atoms. The van der Waals surface area contributed by atoms with E-state index < -0.39 is 5.97 Å². The second-order valence-corrected chi connectivity index (χ2v) is 7.82. The van der Waals surface area contributed by atoms with Crippen LogP contribution in [0.5, 0.6) is 11.5 Å². The lowest BCUT2D eigenvalue weighted by molar-refractivity contribution is 0.0734. The fourth-order valence-corrected chi connectivity index (χ4v) is 3.19. The van der Waals surface area contributed by atoms with Gasteiger partial charge in [0.05, 0.1) is 18.9 Å². The predicted octanol–water partition coefficient (Wildman–Crippen LogP) is 5.31. The number of benzene rings is 3. The number of halogens is 1. The number of nitrogens with zero attached hydrogens (tertiary/aromatic N) is 1. The summed E-state index contributed by atoms with van der Waals surface area (Å²) in [5.41, 5.74) is 5.76. The number of carbonyl (C=O) groups is 1. The summed E-state index contributed by atoms with van der Waals surface area (Å²) in [5, 5.41) is 7.56. The smallest absolute Gasteiger partial charge is 0.343 e. The van der Waals surface area contributed by atoms with Crippen LogP contribution in [-0.2, 0) is 0 Å². The third-order valence-corrected chi connectivity index (χ3v) is 4.83. The molecule has 3 aromatic rings. The molecule has 158 valence electrons. The number of hydrogen-bond donors (Lipinski definition) is 2. The van der Waals surface area contributed by atoms with Crippen molar-refractivity contribution < 1.29 is 14.3 Å². The van der Waals surface area contributed by atoms with Crippen LogP contribution in [0.25, 0.3) is 0 Å². The Labute approximate surface area is 194 Å². The first kappa shape index (κ1) is 22.5. The summed E-state index contributed by atoms with van der Waals surface area (Å²) in [4.78, 5) is 12.5. The Balaban J connectivity index is 1.67. The molecule has 0 aliphatic heterocycles. The van der Waals surface area contributed by atoms with E-state index >= 15 is 0 Å². The van der Waals surface area contributed by atoms with Gasteiger partial charge >= 0.3 is 5.97 Å². The van der Waals surface area contributed by atoms with Gasteiger partial charge in [-0.3, -0.25) is 5.43 Å². The summed E-state index contributed by atoms with van der Waals surface area (Å²) >= 11 is 8.69. The predicted molar refractivity (Wildman–Crippen MR) is 130 cm³/mol. The monoisotopic (exact) mass is 497 g/mol. The molecule has 0 bridgehead atoms. The first-order valence-electron chi connectivity index (χ1n) is 9.27. The van der Waals surface area contributed by atoms with Gasteiger partial charge in [0.1, 0.15) is 11.5 Å². The number of ether oxygens (including phenoxy) is 2. The Morgan fingerprint density at radius 3 is 2.58 bits per heavy atom. The number of hydrogen-bond acceptors (Lipinski definition) is 5. The molecule has 6 nitrogen and oxygen atoms in total. The standard InChI is InChI=1S/C23H20BrN3O3S/c1-15-4-3-5-19(12-15)26-23(31)27-25-14-17-13-18(24)8-11-21(17)30-22(28)16-6-9-20(29-2)10-7-16/h3-14H,1-2H3,(H2,26,27,31). The van der Waals surface area contributed by atoms with Crippen LogP contribution >= 0.6 is 28.1 Å². The second-order valence-electron chi connectivity index (χ2n) is 6.49. The molecule has 0 amide bonds. The van der Waals surface area contributed by atoms with Crippen molar-refractivity contribution >= 4 is 51.1 Å². The van der Waals surface area contributed by atoms with Crippen LogP contribution < -0.4 is 20.2 Å². The van der Waals surface area contributed by atoms with Gasteiger partial charge in [0, 0.05) is 15.7 Å². The topological polar surface area (TPSA) is 72.0 Å². The normalized spacial score (nSPS) is 10.5. The van der Waals surface area contributed by atoms with E-state index in [0.29, 0.717) is 27.7 Å². The van der Waals surface area contributed by atoms with Crippen molar-refractivity contribution in [2.75, 3.05) is 12.4 Å². The summed E-state index contributed by atoms with van der Waals surface area (Å²) in [7, 11) is 1.57. The zero-order valence-corrected chi connectivity index (χ0v) is 19.3. The zero-order valence-electron chi connectivity index (χ0n) is 16.9. The minimum Gasteiger partial charge on any atom is -0.497 e. The van der Waals surface area contributed by atoms with Gasteiger partial charge < -0.3 is 14.8 Å². The van der Waals surface area contributed by atoms with E-state index in [0.717, 1.165) is 15.7 Å². The van der Waals surface area contributed by atoms with Crippen LogP contribution in [-0.4, -0.2) is 24.4 Å². The van der Waals surface area contributed by atoms with Crippen LogP contribution in [0, 0.1) is 6.92 Å². The quantitative estimate of drug-likeness (QED) is 0.158. The molecule has 0 radical (unpaired) electrons. The fraction of sp³-hybridized carbons (Fsp3) is 0.0870. The van der Waals surface area contributed by atoms with Crippen molar-refractivity contribution in [3.05, 3.63) is 87.9 Å². The summed E-state index contributed by atoms with van der Waals surface area (Å²) < 4.78 is 11.5. The lowest BCUT2D eigenvalue weighted by atomic mass is 10.2. The summed E-state index contributed by atoms with van der Waals surface area (Å²) in [6, 6.07) is 19.8. The van der Waals surface area contributed by atoms with Crippen molar-refractivity contribution in [2.24, 2.45) is 5.10 Å². The van der Waals surface area contributed by atoms with Crippen molar-refractivity contribution in [2.45, 2.75) is 6.92 Å². The Morgan fingerprint density at radius 1 is 1.10 bits per heavy atom. The van der Waals surface area contributed by atoms with Gasteiger partial charge in [-0.25, -0.2) is 4.79 Å². The number of thiocarbonyl (C=S) groups is 1. The number of carbonyl (C=O) groups excluding carboxylic acids is 1. The second kappa shape index (κ2) is 10.7. The number of esters is 1. The van der Waals surface area contributed by atoms with Crippen molar-refractivity contribution in [3.8, 4) is 11.5 Å². The number of anilines is 1. The lowest BCUT2D eigenvalue weighted by Crippen LogP contribution is -2.23. The first-order chi connectivity index (χ1) is 14.9. The molecule has 0 aliphatic rings. The van der Waals surface area contributed by atoms with Crippen LogP contribution in [0.4, 0.5) is 5.69 Å². The van der Waals surface area contributed by atoms with Gasteiger partial charge in [-0.05, 0) is 79.3 Å². The molecule has 0 atom stereocenters. The maximum Gasteiger partial charge on any atom is 0.343 e. The Morgan fingerprint density at radius 2 is 1.87 bits per heavy atom. The largest absolute Gasteiger partial charge is 0.497 e. The first-order valence-corrected chi connectivity index (χ1v) is 10.5. The molecule has 2 N–H and O–H groups in total. The molecule has 3 rings (SSSR count). The van der Waals surface area contributed by atoms with E-state index in [1.54, 1.807) is 49.6 Å².